The third-order valence-electron chi connectivity index (χ3n) is 4.00. The van der Waals surface area contributed by atoms with Crippen LogP contribution in [0.4, 0.5) is 0 Å². The van der Waals surface area contributed by atoms with Crippen molar-refractivity contribution in [3.05, 3.63) is 35.4 Å². The minimum Gasteiger partial charge on any atom is -0.0654 e. The first-order chi connectivity index (χ1) is 8.17. The van der Waals surface area contributed by atoms with Gasteiger partial charge in [-0.1, -0.05) is 69.9 Å². The van der Waals surface area contributed by atoms with Crippen LogP contribution >= 0.6 is 0 Å². The van der Waals surface area contributed by atoms with Gasteiger partial charge < -0.3 is 0 Å². The van der Waals surface area contributed by atoms with Gasteiger partial charge >= 0.3 is 0 Å². The topological polar surface area (TPSA) is 0 Å². The number of hydrogen-bond acceptors (Lipinski definition) is 0. The van der Waals surface area contributed by atoms with Gasteiger partial charge in [0.15, 0.2) is 0 Å². The van der Waals surface area contributed by atoms with E-state index in [9.17, 15) is 0 Å². The number of rotatable bonds is 7. The second-order valence-electron chi connectivity index (χ2n) is 5.48. The van der Waals surface area contributed by atoms with E-state index in [1.165, 1.54) is 43.2 Å². The van der Waals surface area contributed by atoms with Gasteiger partial charge in [0.05, 0.1) is 0 Å². The lowest BCUT2D eigenvalue weighted by Gasteiger charge is -2.23. The quantitative estimate of drug-likeness (QED) is 0.591. The van der Waals surface area contributed by atoms with E-state index in [-0.39, 0.29) is 0 Å². The smallest absolute Gasteiger partial charge is 0.0248 e. The summed E-state index contributed by atoms with van der Waals surface area (Å²) in [5.41, 5.74) is 2.87. The predicted octanol–water partition coefficient (Wildman–Crippen LogP) is 5.39. The van der Waals surface area contributed by atoms with Gasteiger partial charge in [-0.3, -0.25) is 0 Å². The summed E-state index contributed by atoms with van der Waals surface area (Å²) in [6.45, 7) is 9.18. The molecular formula is C17H28. The van der Waals surface area contributed by atoms with Crippen LogP contribution in [0.2, 0.25) is 0 Å². The monoisotopic (exact) mass is 232 g/mol. The molecule has 1 rings (SSSR count). The van der Waals surface area contributed by atoms with Crippen LogP contribution in [0.25, 0.3) is 0 Å². The number of aryl methyl sites for hydroxylation is 1. The Bertz CT molecular complexity index is 296. The summed E-state index contributed by atoms with van der Waals surface area (Å²) < 4.78 is 0. The maximum Gasteiger partial charge on any atom is -0.0248 e. The van der Waals surface area contributed by atoms with Crippen LogP contribution in [-0.2, 0) is 6.42 Å². The fraction of sp³-hybridized carbons (Fsp3) is 0.647. The molecule has 0 nitrogen and oxygen atoms in total. The average molecular weight is 232 g/mol. The fourth-order valence-electron chi connectivity index (χ4n) is 2.41. The lowest BCUT2D eigenvalue weighted by Crippen LogP contribution is -2.14. The Balaban J connectivity index is 2.61. The molecule has 96 valence electrons. The third-order valence-corrected chi connectivity index (χ3v) is 4.00. The van der Waals surface area contributed by atoms with E-state index < -0.39 is 0 Å². The Labute approximate surface area is 107 Å². The van der Waals surface area contributed by atoms with Crippen LogP contribution in [0.1, 0.15) is 57.6 Å². The molecule has 0 aliphatic carbocycles. The standard InChI is InChI=1S/C17H28/c1-5-7-8-17(15(4)6-2)13-16-11-9-14(3)10-12-16/h9-12,15,17H,5-8,13H2,1-4H3. The Morgan fingerprint density at radius 2 is 1.71 bits per heavy atom. The highest BCUT2D eigenvalue weighted by Gasteiger charge is 2.15. The highest BCUT2D eigenvalue weighted by atomic mass is 14.2. The minimum absolute atomic E-state index is 0.850. The Morgan fingerprint density at radius 3 is 2.24 bits per heavy atom. The van der Waals surface area contributed by atoms with Gasteiger partial charge in [0.2, 0.25) is 0 Å². The number of unbranched alkanes of at least 4 members (excludes halogenated alkanes) is 1. The van der Waals surface area contributed by atoms with E-state index in [2.05, 4.69) is 52.0 Å². The minimum atomic E-state index is 0.850. The molecule has 0 radical (unpaired) electrons. The van der Waals surface area contributed by atoms with Crippen molar-refractivity contribution in [2.45, 2.75) is 59.8 Å². The Hall–Kier alpha value is -0.780. The van der Waals surface area contributed by atoms with E-state index in [0.717, 1.165) is 11.8 Å². The number of hydrogen-bond donors (Lipinski definition) is 0. The van der Waals surface area contributed by atoms with Crippen molar-refractivity contribution in [3.8, 4) is 0 Å². The summed E-state index contributed by atoms with van der Waals surface area (Å²) in [7, 11) is 0. The largest absolute Gasteiger partial charge is 0.0654 e. The van der Waals surface area contributed by atoms with Crippen molar-refractivity contribution in [2.75, 3.05) is 0 Å². The Morgan fingerprint density at radius 1 is 1.06 bits per heavy atom. The molecule has 0 fully saturated rings. The molecule has 2 unspecified atom stereocenters. The highest BCUT2D eigenvalue weighted by Crippen LogP contribution is 2.25. The molecule has 0 spiro atoms. The van der Waals surface area contributed by atoms with Gasteiger partial charge in [0.1, 0.15) is 0 Å². The van der Waals surface area contributed by atoms with Crippen molar-refractivity contribution >= 4 is 0 Å². The molecule has 0 N–H and O–H groups in total. The van der Waals surface area contributed by atoms with Crippen molar-refractivity contribution in [2.24, 2.45) is 11.8 Å². The van der Waals surface area contributed by atoms with E-state index in [1.54, 1.807) is 0 Å². The summed E-state index contributed by atoms with van der Waals surface area (Å²) in [6, 6.07) is 9.08. The first-order valence-electron chi connectivity index (χ1n) is 7.22. The summed E-state index contributed by atoms with van der Waals surface area (Å²) in [5, 5.41) is 0. The SMILES string of the molecule is CCCCC(Cc1ccc(C)cc1)C(C)CC. The van der Waals surface area contributed by atoms with Crippen molar-refractivity contribution in [1.82, 2.24) is 0 Å². The molecule has 2 atom stereocenters. The molecular weight excluding hydrogens is 204 g/mol. The normalized spacial score (nSPS) is 14.6. The first-order valence-corrected chi connectivity index (χ1v) is 7.22. The molecule has 0 amide bonds. The van der Waals surface area contributed by atoms with Crippen LogP contribution in [0.15, 0.2) is 24.3 Å². The molecule has 0 bridgehead atoms. The van der Waals surface area contributed by atoms with Crippen molar-refractivity contribution in [1.29, 1.82) is 0 Å². The van der Waals surface area contributed by atoms with Gasteiger partial charge in [0.25, 0.3) is 0 Å². The van der Waals surface area contributed by atoms with Gasteiger partial charge in [-0.2, -0.15) is 0 Å². The van der Waals surface area contributed by atoms with Gasteiger partial charge in [-0.15, -0.1) is 0 Å². The van der Waals surface area contributed by atoms with Crippen LogP contribution < -0.4 is 0 Å². The number of benzene rings is 1. The Kier molecular flexibility index (Phi) is 6.32. The second-order valence-corrected chi connectivity index (χ2v) is 5.48. The first kappa shape index (κ1) is 14.3. The molecule has 0 aliphatic heterocycles. The van der Waals surface area contributed by atoms with Crippen LogP contribution in [0.3, 0.4) is 0 Å². The van der Waals surface area contributed by atoms with E-state index in [0.29, 0.717) is 0 Å². The maximum absolute atomic E-state index is 2.41. The van der Waals surface area contributed by atoms with Crippen molar-refractivity contribution < 1.29 is 0 Å². The molecule has 1 aromatic carbocycles. The van der Waals surface area contributed by atoms with Crippen LogP contribution in [0, 0.1) is 18.8 Å². The summed E-state index contributed by atoms with van der Waals surface area (Å²) in [5.74, 6) is 1.71. The van der Waals surface area contributed by atoms with Crippen LogP contribution in [-0.4, -0.2) is 0 Å². The summed E-state index contributed by atoms with van der Waals surface area (Å²) in [4.78, 5) is 0. The molecule has 0 heterocycles. The lowest BCUT2D eigenvalue weighted by molar-refractivity contribution is 0.317. The van der Waals surface area contributed by atoms with Gasteiger partial charge in [0, 0.05) is 0 Å². The van der Waals surface area contributed by atoms with Crippen LogP contribution in [0.5, 0.6) is 0 Å². The molecule has 0 aliphatic rings. The molecule has 0 aromatic heterocycles. The maximum atomic E-state index is 2.41. The zero-order chi connectivity index (χ0) is 12.7. The molecule has 0 heteroatoms. The van der Waals surface area contributed by atoms with Gasteiger partial charge in [-0.25, -0.2) is 0 Å². The highest BCUT2D eigenvalue weighted by molar-refractivity contribution is 5.21. The molecule has 0 saturated heterocycles. The van der Waals surface area contributed by atoms with E-state index in [1.807, 2.05) is 0 Å². The fourth-order valence-corrected chi connectivity index (χ4v) is 2.41. The summed E-state index contributed by atoms with van der Waals surface area (Å²) in [6.07, 6.45) is 6.65. The van der Waals surface area contributed by atoms with Gasteiger partial charge in [-0.05, 0) is 37.2 Å². The zero-order valence-corrected chi connectivity index (χ0v) is 12.0. The van der Waals surface area contributed by atoms with Crippen molar-refractivity contribution in [3.63, 3.8) is 0 Å². The predicted molar refractivity (Wildman–Crippen MR) is 77.4 cm³/mol. The molecule has 17 heavy (non-hydrogen) atoms. The summed E-state index contributed by atoms with van der Waals surface area (Å²) >= 11 is 0. The second kappa shape index (κ2) is 7.53. The average Bonchev–Trinajstić information content (AvgIpc) is 2.36. The van der Waals surface area contributed by atoms with E-state index in [4.69, 9.17) is 0 Å². The zero-order valence-electron chi connectivity index (χ0n) is 12.0. The molecule has 0 saturated carbocycles. The molecule has 1 aromatic rings. The third kappa shape index (κ3) is 4.93. The van der Waals surface area contributed by atoms with E-state index >= 15 is 0 Å². The lowest BCUT2D eigenvalue weighted by atomic mass is 9.83.